The van der Waals surface area contributed by atoms with Crippen LogP contribution < -0.4 is 15.1 Å². The second-order valence-electron chi connectivity index (χ2n) is 9.35. The van der Waals surface area contributed by atoms with Gasteiger partial charge in [-0.05, 0) is 91.4 Å². The number of benzene rings is 2. The predicted molar refractivity (Wildman–Crippen MR) is 153 cm³/mol. The molecule has 0 amide bonds. The number of aromatic nitrogens is 2. The Morgan fingerprint density at radius 2 is 1.70 bits per heavy atom. The number of thiocarbonyl (C=S) groups is 1. The Balaban J connectivity index is 1.42. The minimum Gasteiger partial charge on any atom is -0.378 e. The number of hydrogen-bond acceptors (Lipinski definition) is 4. The number of hydrogen-bond donors (Lipinski definition) is 1. The molecule has 2 fully saturated rings. The minimum atomic E-state index is -0.116. The van der Waals surface area contributed by atoms with Crippen LogP contribution in [0.2, 0.25) is 5.02 Å². The second-order valence-corrected chi connectivity index (χ2v) is 10.1. The minimum absolute atomic E-state index is 0.109. The first-order valence-corrected chi connectivity index (χ1v) is 13.3. The van der Waals surface area contributed by atoms with E-state index in [4.69, 9.17) is 33.5 Å². The third-order valence-electron chi connectivity index (χ3n) is 7.11. The molecule has 0 aliphatic carbocycles. The first kappa shape index (κ1) is 24.0. The quantitative estimate of drug-likeness (QED) is 0.327. The van der Waals surface area contributed by atoms with Gasteiger partial charge in [-0.1, -0.05) is 17.7 Å². The molecule has 4 aromatic rings. The highest BCUT2D eigenvalue weighted by molar-refractivity contribution is 7.80. The predicted octanol–water partition coefficient (Wildman–Crippen LogP) is 5.85. The number of halogens is 1. The molecule has 4 heterocycles. The monoisotopic (exact) mass is 529 g/mol. The molecule has 2 aromatic carbocycles. The Labute approximate surface area is 227 Å². The summed E-state index contributed by atoms with van der Waals surface area (Å²) in [6, 6.07) is 24.8. The highest BCUT2D eigenvalue weighted by atomic mass is 35.5. The number of anilines is 2. The third-order valence-corrected chi connectivity index (χ3v) is 7.84. The molecule has 0 bridgehead atoms. The van der Waals surface area contributed by atoms with Crippen LogP contribution in [-0.2, 0) is 4.74 Å². The SMILES string of the molecule is Cc1cc(-n2cccc2[C@H]2[C@H](c3ccccn3)NC(=S)N2c2ccc(N3CCOCC3)cc2)ccc1Cl. The number of rotatable bonds is 5. The van der Waals surface area contributed by atoms with Gasteiger partial charge >= 0.3 is 0 Å². The molecule has 0 saturated carbocycles. The van der Waals surface area contributed by atoms with Gasteiger partial charge in [0.25, 0.3) is 0 Å². The zero-order valence-electron chi connectivity index (χ0n) is 20.5. The maximum atomic E-state index is 6.34. The van der Waals surface area contributed by atoms with Gasteiger partial charge in [0.2, 0.25) is 0 Å². The molecule has 0 spiro atoms. The maximum absolute atomic E-state index is 6.34. The van der Waals surface area contributed by atoms with Crippen molar-refractivity contribution >= 4 is 40.3 Å². The molecule has 6 nitrogen and oxygen atoms in total. The number of nitrogens with one attached hydrogen (secondary N) is 1. The van der Waals surface area contributed by atoms with Crippen molar-refractivity contribution in [2.75, 3.05) is 36.1 Å². The highest BCUT2D eigenvalue weighted by Gasteiger charge is 2.42. The average molecular weight is 530 g/mol. The average Bonchev–Trinajstić information content (AvgIpc) is 3.56. The maximum Gasteiger partial charge on any atom is 0.174 e. The van der Waals surface area contributed by atoms with Crippen LogP contribution in [0, 0.1) is 6.92 Å². The lowest BCUT2D eigenvalue weighted by molar-refractivity contribution is 0.122. The molecule has 1 N–H and O–H groups in total. The fraction of sp³-hybridized carbons (Fsp3) is 0.241. The van der Waals surface area contributed by atoms with Gasteiger partial charge in [-0.3, -0.25) is 4.98 Å². The molecule has 6 rings (SSSR count). The molecule has 2 aromatic heterocycles. The van der Waals surface area contributed by atoms with E-state index in [1.807, 2.05) is 31.3 Å². The lowest BCUT2D eigenvalue weighted by atomic mass is 10.0. The summed E-state index contributed by atoms with van der Waals surface area (Å²) in [6.45, 7) is 5.36. The van der Waals surface area contributed by atoms with Gasteiger partial charge in [0.05, 0.1) is 24.9 Å². The lowest BCUT2D eigenvalue weighted by Crippen LogP contribution is -2.36. The Morgan fingerprint density at radius 3 is 2.43 bits per heavy atom. The van der Waals surface area contributed by atoms with Crippen molar-refractivity contribution in [1.29, 1.82) is 0 Å². The summed E-state index contributed by atoms with van der Waals surface area (Å²) in [5, 5.41) is 5.01. The standard InChI is InChI=1S/C29H28ClN5OS/c1-20-19-23(11-12-24(20)30)34-14-4-6-26(34)28-27(25-5-2-3-13-31-25)32-29(37)35(28)22-9-7-21(8-10-22)33-15-17-36-18-16-33/h2-14,19,27-28H,15-18H2,1H3,(H,32,37)/t27-,28-/m0/s1. The summed E-state index contributed by atoms with van der Waals surface area (Å²) < 4.78 is 7.74. The van der Waals surface area contributed by atoms with Crippen LogP contribution >= 0.6 is 23.8 Å². The van der Waals surface area contributed by atoms with Gasteiger partial charge in [-0.15, -0.1) is 0 Å². The van der Waals surface area contributed by atoms with Crippen molar-refractivity contribution < 1.29 is 4.74 Å². The van der Waals surface area contributed by atoms with Crippen LogP contribution in [-0.4, -0.2) is 41.0 Å². The van der Waals surface area contributed by atoms with E-state index in [1.54, 1.807) is 0 Å². The fourth-order valence-electron chi connectivity index (χ4n) is 5.23. The molecule has 2 atom stereocenters. The van der Waals surface area contributed by atoms with E-state index in [2.05, 4.69) is 80.5 Å². The first-order valence-electron chi connectivity index (χ1n) is 12.5. The third kappa shape index (κ3) is 4.59. The Kier molecular flexibility index (Phi) is 6.59. The summed E-state index contributed by atoms with van der Waals surface area (Å²) in [6.07, 6.45) is 3.92. The molecular weight excluding hydrogens is 502 g/mol. The van der Waals surface area contributed by atoms with Crippen LogP contribution in [0.25, 0.3) is 5.69 Å². The number of pyridine rings is 1. The van der Waals surface area contributed by atoms with E-state index >= 15 is 0 Å². The van der Waals surface area contributed by atoms with E-state index in [-0.39, 0.29) is 12.1 Å². The van der Waals surface area contributed by atoms with Crippen LogP contribution in [0.15, 0.2) is 85.2 Å². The van der Waals surface area contributed by atoms with E-state index in [1.165, 1.54) is 5.69 Å². The van der Waals surface area contributed by atoms with Gasteiger partial charge < -0.3 is 24.4 Å². The first-order chi connectivity index (χ1) is 18.1. The van der Waals surface area contributed by atoms with Gasteiger partial charge in [0.1, 0.15) is 6.04 Å². The van der Waals surface area contributed by atoms with Crippen molar-refractivity contribution in [2.24, 2.45) is 0 Å². The van der Waals surface area contributed by atoms with Crippen LogP contribution in [0.4, 0.5) is 11.4 Å². The molecule has 8 heteroatoms. The Morgan fingerprint density at radius 1 is 0.946 bits per heavy atom. The zero-order chi connectivity index (χ0) is 25.4. The largest absolute Gasteiger partial charge is 0.378 e. The van der Waals surface area contributed by atoms with Crippen molar-refractivity contribution in [3.8, 4) is 5.69 Å². The molecule has 2 aliphatic heterocycles. The Hall–Kier alpha value is -3.39. The molecule has 188 valence electrons. The topological polar surface area (TPSA) is 45.6 Å². The summed E-state index contributed by atoms with van der Waals surface area (Å²) >= 11 is 12.3. The van der Waals surface area contributed by atoms with Gasteiger partial charge in [-0.2, -0.15) is 0 Å². The molecule has 0 radical (unpaired) electrons. The van der Waals surface area contributed by atoms with Crippen molar-refractivity contribution in [3.05, 3.63) is 107 Å². The zero-order valence-corrected chi connectivity index (χ0v) is 22.1. The van der Waals surface area contributed by atoms with Gasteiger partial charge in [0, 0.05) is 53.3 Å². The van der Waals surface area contributed by atoms with Crippen LogP contribution in [0.3, 0.4) is 0 Å². The Bertz CT molecular complexity index is 1400. The van der Waals surface area contributed by atoms with Crippen molar-refractivity contribution in [3.63, 3.8) is 0 Å². The lowest BCUT2D eigenvalue weighted by Gasteiger charge is -2.31. The second kappa shape index (κ2) is 10.2. The normalized spacial score (nSPS) is 19.8. The summed E-state index contributed by atoms with van der Waals surface area (Å²) in [5.74, 6) is 0. The van der Waals surface area contributed by atoms with Crippen molar-refractivity contribution in [1.82, 2.24) is 14.9 Å². The molecule has 0 unspecified atom stereocenters. The highest BCUT2D eigenvalue weighted by Crippen LogP contribution is 2.42. The molecule has 2 saturated heterocycles. The smallest absolute Gasteiger partial charge is 0.174 e. The number of ether oxygens (including phenoxy) is 1. The number of aryl methyl sites for hydroxylation is 1. The van der Waals surface area contributed by atoms with E-state index in [9.17, 15) is 0 Å². The number of morpholine rings is 1. The molecule has 37 heavy (non-hydrogen) atoms. The number of nitrogens with zero attached hydrogens (tertiary/aromatic N) is 4. The fourth-order valence-corrected chi connectivity index (χ4v) is 5.69. The van der Waals surface area contributed by atoms with E-state index in [0.29, 0.717) is 5.11 Å². The summed E-state index contributed by atoms with van der Waals surface area (Å²) in [4.78, 5) is 9.26. The van der Waals surface area contributed by atoms with E-state index in [0.717, 1.165) is 59.7 Å². The summed E-state index contributed by atoms with van der Waals surface area (Å²) in [5.41, 5.74) is 6.39. The van der Waals surface area contributed by atoms with E-state index < -0.39 is 0 Å². The van der Waals surface area contributed by atoms with Crippen LogP contribution in [0.5, 0.6) is 0 Å². The summed E-state index contributed by atoms with van der Waals surface area (Å²) in [7, 11) is 0. The molecular formula is C29H28ClN5OS. The van der Waals surface area contributed by atoms with Gasteiger partial charge in [-0.25, -0.2) is 0 Å². The molecule has 2 aliphatic rings. The van der Waals surface area contributed by atoms with Crippen molar-refractivity contribution in [2.45, 2.75) is 19.0 Å². The van der Waals surface area contributed by atoms with Gasteiger partial charge in [0.15, 0.2) is 5.11 Å². The van der Waals surface area contributed by atoms with Crippen LogP contribution in [0.1, 0.15) is 29.0 Å².